The Bertz CT molecular complexity index is 271. The molecule has 4 N–H and O–H groups in total. The van der Waals surface area contributed by atoms with Gasteiger partial charge in [-0.1, -0.05) is 0 Å². The molecule has 66 valence electrons. The highest BCUT2D eigenvalue weighted by molar-refractivity contribution is 5.28. The fourth-order valence-corrected chi connectivity index (χ4v) is 1.44. The highest BCUT2D eigenvalue weighted by Crippen LogP contribution is 2.25. The number of nitrogens with one attached hydrogen (secondary N) is 1. The van der Waals surface area contributed by atoms with E-state index < -0.39 is 6.10 Å². The van der Waals surface area contributed by atoms with Crippen molar-refractivity contribution in [2.75, 3.05) is 6.61 Å². The standard InChI is InChI=1S/C7H11N3O2/c8-1-4-7-5(10-9-4)2-12-3-6(7)11/h6,11H,1-3,8H2,(H,9,10). The molecule has 2 heterocycles. The van der Waals surface area contributed by atoms with Gasteiger partial charge in [0.25, 0.3) is 0 Å². The number of aromatic nitrogens is 2. The maximum atomic E-state index is 9.52. The van der Waals surface area contributed by atoms with E-state index in [2.05, 4.69) is 10.2 Å². The molecule has 1 atom stereocenters. The third kappa shape index (κ3) is 1.03. The molecule has 2 rings (SSSR count). The van der Waals surface area contributed by atoms with Crippen LogP contribution < -0.4 is 5.73 Å². The second kappa shape index (κ2) is 2.85. The zero-order valence-corrected chi connectivity index (χ0v) is 6.58. The van der Waals surface area contributed by atoms with Crippen molar-refractivity contribution in [3.05, 3.63) is 17.0 Å². The molecule has 0 radical (unpaired) electrons. The number of ether oxygens (including phenoxy) is 1. The van der Waals surface area contributed by atoms with Crippen molar-refractivity contribution in [2.45, 2.75) is 19.3 Å². The number of aromatic amines is 1. The summed E-state index contributed by atoms with van der Waals surface area (Å²) in [6.07, 6.45) is -0.578. The van der Waals surface area contributed by atoms with Gasteiger partial charge >= 0.3 is 0 Å². The Morgan fingerprint density at radius 1 is 1.75 bits per heavy atom. The molecule has 0 fully saturated rings. The highest BCUT2D eigenvalue weighted by Gasteiger charge is 2.23. The van der Waals surface area contributed by atoms with Crippen molar-refractivity contribution in [1.82, 2.24) is 10.2 Å². The average molecular weight is 169 g/mol. The minimum Gasteiger partial charge on any atom is -0.386 e. The average Bonchev–Trinajstić information content (AvgIpc) is 2.49. The van der Waals surface area contributed by atoms with Gasteiger partial charge in [-0.3, -0.25) is 5.10 Å². The Kier molecular flexibility index (Phi) is 1.84. The molecule has 1 unspecified atom stereocenters. The zero-order chi connectivity index (χ0) is 8.55. The van der Waals surface area contributed by atoms with Gasteiger partial charge in [0.15, 0.2) is 0 Å². The lowest BCUT2D eigenvalue weighted by atomic mass is 10.1. The van der Waals surface area contributed by atoms with Crippen LogP contribution in [0.25, 0.3) is 0 Å². The molecule has 5 heteroatoms. The van der Waals surface area contributed by atoms with Crippen molar-refractivity contribution in [1.29, 1.82) is 0 Å². The topological polar surface area (TPSA) is 84.2 Å². The summed E-state index contributed by atoms with van der Waals surface area (Å²) >= 11 is 0. The van der Waals surface area contributed by atoms with Crippen LogP contribution in [0.15, 0.2) is 0 Å². The quantitative estimate of drug-likeness (QED) is 0.525. The number of hydrogen-bond donors (Lipinski definition) is 3. The predicted molar refractivity (Wildman–Crippen MR) is 41.1 cm³/mol. The lowest BCUT2D eigenvalue weighted by Gasteiger charge is -2.18. The smallest absolute Gasteiger partial charge is 0.106 e. The molecule has 0 spiro atoms. The van der Waals surface area contributed by atoms with Gasteiger partial charge in [-0.15, -0.1) is 0 Å². The van der Waals surface area contributed by atoms with Gasteiger partial charge in [-0.25, -0.2) is 0 Å². The number of nitrogens with two attached hydrogens (primary N) is 1. The van der Waals surface area contributed by atoms with Crippen LogP contribution in [-0.4, -0.2) is 21.9 Å². The first-order valence-corrected chi connectivity index (χ1v) is 3.85. The summed E-state index contributed by atoms with van der Waals surface area (Å²) in [6, 6.07) is 0. The predicted octanol–water partition coefficient (Wildman–Crippen LogP) is -0.568. The number of aliphatic hydroxyl groups is 1. The number of rotatable bonds is 1. The first-order valence-electron chi connectivity index (χ1n) is 3.85. The van der Waals surface area contributed by atoms with Gasteiger partial charge in [0.05, 0.1) is 24.6 Å². The van der Waals surface area contributed by atoms with Gasteiger partial charge in [0.2, 0.25) is 0 Å². The van der Waals surface area contributed by atoms with E-state index in [-0.39, 0.29) is 0 Å². The number of fused-ring (bicyclic) bond motifs is 1. The fourth-order valence-electron chi connectivity index (χ4n) is 1.44. The SMILES string of the molecule is NCc1n[nH]c2c1C(O)COC2. The van der Waals surface area contributed by atoms with Crippen LogP contribution in [0.4, 0.5) is 0 Å². The van der Waals surface area contributed by atoms with E-state index in [1.165, 1.54) is 0 Å². The normalized spacial score (nSPS) is 22.3. The van der Waals surface area contributed by atoms with Crippen molar-refractivity contribution in [2.24, 2.45) is 5.73 Å². The molecule has 12 heavy (non-hydrogen) atoms. The lowest BCUT2D eigenvalue weighted by Crippen LogP contribution is -2.17. The van der Waals surface area contributed by atoms with Crippen LogP contribution in [0, 0.1) is 0 Å². The molecule has 1 aliphatic rings. The second-order valence-electron chi connectivity index (χ2n) is 2.80. The first kappa shape index (κ1) is 7.72. The molecule has 0 bridgehead atoms. The van der Waals surface area contributed by atoms with Crippen LogP contribution >= 0.6 is 0 Å². The third-order valence-corrected chi connectivity index (χ3v) is 2.01. The summed E-state index contributed by atoms with van der Waals surface area (Å²) in [7, 11) is 0. The van der Waals surface area contributed by atoms with Crippen molar-refractivity contribution in [3.8, 4) is 0 Å². The summed E-state index contributed by atoms with van der Waals surface area (Å²) in [5.41, 5.74) is 7.85. The molecular weight excluding hydrogens is 158 g/mol. The summed E-state index contributed by atoms with van der Waals surface area (Å²) in [5, 5.41) is 16.3. The molecule has 0 saturated carbocycles. The lowest BCUT2D eigenvalue weighted by molar-refractivity contribution is 0.00821. The van der Waals surface area contributed by atoms with Crippen molar-refractivity contribution >= 4 is 0 Å². The number of aliphatic hydroxyl groups excluding tert-OH is 1. The zero-order valence-electron chi connectivity index (χ0n) is 6.58. The summed E-state index contributed by atoms with van der Waals surface area (Å²) < 4.78 is 5.10. The fraction of sp³-hybridized carbons (Fsp3) is 0.571. The molecule has 1 aromatic rings. The van der Waals surface area contributed by atoms with Crippen LogP contribution in [0.3, 0.4) is 0 Å². The van der Waals surface area contributed by atoms with E-state index >= 15 is 0 Å². The second-order valence-corrected chi connectivity index (χ2v) is 2.80. The molecule has 0 amide bonds. The Hall–Kier alpha value is -0.910. The Morgan fingerprint density at radius 3 is 3.33 bits per heavy atom. The molecule has 5 nitrogen and oxygen atoms in total. The van der Waals surface area contributed by atoms with Crippen LogP contribution in [-0.2, 0) is 17.9 Å². The largest absolute Gasteiger partial charge is 0.386 e. The highest BCUT2D eigenvalue weighted by atomic mass is 16.5. The van der Waals surface area contributed by atoms with E-state index in [0.717, 1.165) is 17.0 Å². The van der Waals surface area contributed by atoms with Crippen LogP contribution in [0.2, 0.25) is 0 Å². The van der Waals surface area contributed by atoms with Crippen molar-refractivity contribution in [3.63, 3.8) is 0 Å². The van der Waals surface area contributed by atoms with Gasteiger partial charge in [0, 0.05) is 12.1 Å². The third-order valence-electron chi connectivity index (χ3n) is 2.01. The van der Waals surface area contributed by atoms with Crippen LogP contribution in [0.1, 0.15) is 23.1 Å². The Balaban J connectivity index is 2.43. The van der Waals surface area contributed by atoms with Gasteiger partial charge in [0.1, 0.15) is 6.10 Å². The summed E-state index contributed by atoms with van der Waals surface area (Å²) in [5.74, 6) is 0. The van der Waals surface area contributed by atoms with E-state index in [1.807, 2.05) is 0 Å². The molecule has 1 aliphatic heterocycles. The maximum absolute atomic E-state index is 9.52. The van der Waals surface area contributed by atoms with Gasteiger partial charge < -0.3 is 15.6 Å². The van der Waals surface area contributed by atoms with E-state index in [9.17, 15) is 5.11 Å². The minimum absolute atomic E-state index is 0.333. The van der Waals surface area contributed by atoms with Crippen LogP contribution in [0.5, 0.6) is 0 Å². The summed E-state index contributed by atoms with van der Waals surface area (Å²) in [4.78, 5) is 0. The van der Waals surface area contributed by atoms with E-state index in [1.54, 1.807) is 0 Å². The minimum atomic E-state index is -0.578. The molecule has 0 saturated heterocycles. The molecular formula is C7H11N3O2. The van der Waals surface area contributed by atoms with Gasteiger partial charge in [-0.2, -0.15) is 5.10 Å². The van der Waals surface area contributed by atoms with Crippen molar-refractivity contribution < 1.29 is 9.84 Å². The van der Waals surface area contributed by atoms with E-state index in [0.29, 0.717) is 19.8 Å². The van der Waals surface area contributed by atoms with E-state index in [4.69, 9.17) is 10.5 Å². The molecule has 0 aromatic carbocycles. The first-order chi connectivity index (χ1) is 5.83. The Morgan fingerprint density at radius 2 is 2.58 bits per heavy atom. The monoisotopic (exact) mass is 169 g/mol. The number of nitrogens with zero attached hydrogens (tertiary/aromatic N) is 1. The molecule has 0 aliphatic carbocycles. The summed E-state index contributed by atoms with van der Waals surface area (Å²) in [6.45, 7) is 1.17. The Labute approximate surface area is 69.5 Å². The maximum Gasteiger partial charge on any atom is 0.106 e. The van der Waals surface area contributed by atoms with Gasteiger partial charge in [-0.05, 0) is 0 Å². The number of hydrogen-bond acceptors (Lipinski definition) is 4. The number of H-pyrrole nitrogens is 1. The molecule has 1 aromatic heterocycles.